The molecule has 1 aromatic rings. The van der Waals surface area contributed by atoms with Crippen molar-refractivity contribution < 1.29 is 10.2 Å². The van der Waals surface area contributed by atoms with Crippen LogP contribution in [0.15, 0.2) is 6.33 Å². The lowest BCUT2D eigenvalue weighted by Gasteiger charge is -2.30. The van der Waals surface area contributed by atoms with Crippen molar-refractivity contribution in [3.05, 3.63) is 12.2 Å². The van der Waals surface area contributed by atoms with Gasteiger partial charge in [-0.05, 0) is 12.8 Å². The minimum atomic E-state index is -1.02. The van der Waals surface area contributed by atoms with Crippen LogP contribution in [-0.2, 0) is 13.5 Å². The van der Waals surface area contributed by atoms with E-state index in [1.165, 1.54) is 6.33 Å². The summed E-state index contributed by atoms with van der Waals surface area (Å²) in [5.41, 5.74) is -1.02. The van der Waals surface area contributed by atoms with Gasteiger partial charge >= 0.3 is 0 Å². The van der Waals surface area contributed by atoms with E-state index in [1.54, 1.807) is 11.7 Å². The van der Waals surface area contributed by atoms with E-state index in [-0.39, 0.29) is 0 Å². The highest BCUT2D eigenvalue weighted by molar-refractivity contribution is 4.94. The molecule has 0 fully saturated rings. The van der Waals surface area contributed by atoms with E-state index < -0.39 is 11.7 Å². The lowest BCUT2D eigenvalue weighted by molar-refractivity contribution is -0.0800. The highest BCUT2D eigenvalue weighted by Crippen LogP contribution is 2.21. The first-order valence-electron chi connectivity index (χ1n) is 5.26. The predicted molar refractivity (Wildman–Crippen MR) is 56.2 cm³/mol. The van der Waals surface area contributed by atoms with Crippen LogP contribution in [0, 0.1) is 0 Å². The normalized spacial score (nSPS) is 14.2. The molecule has 0 saturated heterocycles. The van der Waals surface area contributed by atoms with Crippen molar-refractivity contribution in [2.24, 2.45) is 7.05 Å². The number of aliphatic hydroxyl groups is 2. The summed E-state index contributed by atoms with van der Waals surface area (Å²) in [6, 6.07) is 0. The van der Waals surface area contributed by atoms with E-state index in [4.69, 9.17) is 0 Å². The van der Waals surface area contributed by atoms with Gasteiger partial charge in [0, 0.05) is 13.5 Å². The van der Waals surface area contributed by atoms with Gasteiger partial charge in [-0.15, -0.1) is 0 Å². The molecule has 5 heteroatoms. The first-order chi connectivity index (χ1) is 7.03. The molecule has 1 aromatic heterocycles. The Morgan fingerprint density at radius 1 is 1.47 bits per heavy atom. The summed E-state index contributed by atoms with van der Waals surface area (Å²) in [6.07, 6.45) is 2.04. The maximum absolute atomic E-state index is 10.1. The summed E-state index contributed by atoms with van der Waals surface area (Å²) in [4.78, 5) is 4.02. The molecule has 0 aliphatic carbocycles. The fraction of sp³-hybridized carbons (Fsp3) is 0.800. The van der Waals surface area contributed by atoms with Crippen molar-refractivity contribution in [3.8, 4) is 0 Å². The molecule has 0 radical (unpaired) electrons. The summed E-state index contributed by atoms with van der Waals surface area (Å²) in [5, 5.41) is 23.9. The maximum Gasteiger partial charge on any atom is 0.138 e. The van der Waals surface area contributed by atoms with Crippen LogP contribution in [0.2, 0.25) is 0 Å². The Kier molecular flexibility index (Phi) is 3.82. The third-order valence-corrected chi connectivity index (χ3v) is 3.03. The van der Waals surface area contributed by atoms with Gasteiger partial charge in [-0.3, -0.25) is 4.68 Å². The van der Waals surface area contributed by atoms with Crippen LogP contribution in [-0.4, -0.2) is 36.7 Å². The number of aliphatic hydroxyl groups excluding tert-OH is 1. The van der Waals surface area contributed by atoms with Crippen LogP contribution in [0.3, 0.4) is 0 Å². The number of rotatable bonds is 5. The molecule has 0 amide bonds. The fourth-order valence-corrected chi connectivity index (χ4v) is 1.59. The molecule has 0 spiro atoms. The number of hydrogen-bond donors (Lipinski definition) is 2. The van der Waals surface area contributed by atoms with Crippen molar-refractivity contribution in [2.45, 2.75) is 44.8 Å². The molecule has 2 N–H and O–H groups in total. The van der Waals surface area contributed by atoms with Crippen LogP contribution in [0.25, 0.3) is 0 Å². The quantitative estimate of drug-likeness (QED) is 0.736. The van der Waals surface area contributed by atoms with Gasteiger partial charge in [0.05, 0.1) is 11.7 Å². The Labute approximate surface area is 89.8 Å². The monoisotopic (exact) mass is 213 g/mol. The van der Waals surface area contributed by atoms with Crippen LogP contribution < -0.4 is 0 Å². The van der Waals surface area contributed by atoms with E-state index >= 15 is 0 Å². The van der Waals surface area contributed by atoms with E-state index in [0.29, 0.717) is 25.1 Å². The zero-order valence-electron chi connectivity index (χ0n) is 9.51. The minimum absolute atomic E-state index is 0.328. The van der Waals surface area contributed by atoms with Crippen LogP contribution in [0.5, 0.6) is 0 Å². The fourth-order valence-electron chi connectivity index (χ4n) is 1.59. The van der Waals surface area contributed by atoms with Crippen molar-refractivity contribution in [3.63, 3.8) is 0 Å². The molecule has 1 heterocycles. The lowest BCUT2D eigenvalue weighted by Crippen LogP contribution is -2.42. The van der Waals surface area contributed by atoms with Gasteiger partial charge in [0.1, 0.15) is 12.2 Å². The number of hydrogen-bond acceptors (Lipinski definition) is 4. The highest BCUT2D eigenvalue weighted by Gasteiger charge is 2.32. The molecule has 0 saturated carbocycles. The summed E-state index contributed by atoms with van der Waals surface area (Å²) in [7, 11) is 1.77. The standard InChI is InChI=1S/C10H19N3O2/c1-4-10(15,5-2)8(14)6-9-11-7-12-13(9)3/h7-8,14-15H,4-6H2,1-3H3. The molecule has 0 bridgehead atoms. The van der Waals surface area contributed by atoms with Crippen molar-refractivity contribution >= 4 is 0 Å². The van der Waals surface area contributed by atoms with Crippen molar-refractivity contribution in [1.29, 1.82) is 0 Å². The van der Waals surface area contributed by atoms with Crippen LogP contribution >= 0.6 is 0 Å². The van der Waals surface area contributed by atoms with E-state index in [2.05, 4.69) is 10.1 Å². The number of nitrogens with zero attached hydrogens (tertiary/aromatic N) is 3. The average Bonchev–Trinajstić information content (AvgIpc) is 2.63. The van der Waals surface area contributed by atoms with E-state index in [1.807, 2.05) is 13.8 Å². The molecular formula is C10H19N3O2. The van der Waals surface area contributed by atoms with Gasteiger partial charge in [0.25, 0.3) is 0 Å². The zero-order valence-corrected chi connectivity index (χ0v) is 9.51. The third kappa shape index (κ3) is 2.54. The first kappa shape index (κ1) is 12.1. The molecule has 0 aliphatic heterocycles. The van der Waals surface area contributed by atoms with Crippen molar-refractivity contribution in [2.75, 3.05) is 0 Å². The van der Waals surface area contributed by atoms with Gasteiger partial charge in [0.15, 0.2) is 0 Å². The zero-order chi connectivity index (χ0) is 11.5. The van der Waals surface area contributed by atoms with Gasteiger partial charge in [-0.25, -0.2) is 4.98 Å². The molecular weight excluding hydrogens is 194 g/mol. The maximum atomic E-state index is 10.1. The Morgan fingerprint density at radius 2 is 2.07 bits per heavy atom. The molecule has 5 nitrogen and oxygen atoms in total. The van der Waals surface area contributed by atoms with Gasteiger partial charge in [0.2, 0.25) is 0 Å². The molecule has 1 rings (SSSR count). The second-order valence-electron chi connectivity index (χ2n) is 3.83. The van der Waals surface area contributed by atoms with Crippen LogP contribution in [0.1, 0.15) is 32.5 Å². The Hall–Kier alpha value is -0.940. The van der Waals surface area contributed by atoms with Crippen molar-refractivity contribution in [1.82, 2.24) is 14.8 Å². The Morgan fingerprint density at radius 3 is 2.47 bits per heavy atom. The van der Waals surface area contributed by atoms with E-state index in [0.717, 1.165) is 0 Å². The molecule has 0 aliphatic rings. The first-order valence-corrected chi connectivity index (χ1v) is 5.26. The summed E-state index contributed by atoms with van der Waals surface area (Å²) < 4.78 is 1.61. The average molecular weight is 213 g/mol. The highest BCUT2D eigenvalue weighted by atomic mass is 16.3. The lowest BCUT2D eigenvalue weighted by atomic mass is 9.89. The second kappa shape index (κ2) is 4.72. The number of aromatic nitrogens is 3. The SMILES string of the molecule is CCC(O)(CC)C(O)Cc1ncnn1C. The van der Waals surface area contributed by atoms with Crippen LogP contribution in [0.4, 0.5) is 0 Å². The topological polar surface area (TPSA) is 71.2 Å². The van der Waals surface area contributed by atoms with Gasteiger partial charge in [-0.2, -0.15) is 5.10 Å². The largest absolute Gasteiger partial charge is 0.390 e. The number of aryl methyl sites for hydroxylation is 1. The summed E-state index contributed by atoms with van der Waals surface area (Å²) in [5.74, 6) is 0.683. The second-order valence-corrected chi connectivity index (χ2v) is 3.83. The van der Waals surface area contributed by atoms with E-state index in [9.17, 15) is 10.2 Å². The molecule has 1 unspecified atom stereocenters. The minimum Gasteiger partial charge on any atom is -0.390 e. The smallest absolute Gasteiger partial charge is 0.138 e. The predicted octanol–water partition coefficient (Wildman–Crippen LogP) is 0.270. The Balaban J connectivity index is 2.70. The Bertz CT molecular complexity index is 307. The molecule has 15 heavy (non-hydrogen) atoms. The summed E-state index contributed by atoms with van der Waals surface area (Å²) in [6.45, 7) is 3.73. The molecule has 1 atom stereocenters. The third-order valence-electron chi connectivity index (χ3n) is 3.03. The van der Waals surface area contributed by atoms with Gasteiger partial charge < -0.3 is 10.2 Å². The summed E-state index contributed by atoms with van der Waals surface area (Å²) >= 11 is 0. The molecule has 0 aromatic carbocycles. The van der Waals surface area contributed by atoms with Gasteiger partial charge in [-0.1, -0.05) is 13.8 Å². The molecule has 86 valence electrons.